The van der Waals surface area contributed by atoms with E-state index in [9.17, 15) is 9.90 Å². The normalized spacial score (nSPS) is 39.9. The number of rotatable bonds is 8. The maximum Gasteiger partial charge on any atom is 0.306 e. The lowest BCUT2D eigenvalue weighted by atomic mass is 9.49. The molecule has 7 atom stereocenters. The van der Waals surface area contributed by atoms with Crippen molar-refractivity contribution in [3.05, 3.63) is 23.8 Å². The lowest BCUT2D eigenvalue weighted by Crippen LogP contribution is -2.55. The molecule has 176 valence electrons. The number of fused-ring (bicyclic) bond motifs is 5. The first-order valence-electron chi connectivity index (χ1n) is 13.3. The molecule has 1 N–H and O–H groups in total. The van der Waals surface area contributed by atoms with Crippen LogP contribution in [0.4, 0.5) is 0 Å². The fourth-order valence-electron chi connectivity index (χ4n) is 7.75. The number of hydrogen-bond acceptors (Lipinski definition) is 3. The Morgan fingerprint density at radius 2 is 2.00 bits per heavy atom. The second-order valence-corrected chi connectivity index (χ2v) is 10.8. The van der Waals surface area contributed by atoms with E-state index in [1.807, 2.05) is 6.08 Å². The van der Waals surface area contributed by atoms with Gasteiger partial charge in [-0.3, -0.25) is 4.79 Å². The molecule has 3 nitrogen and oxygen atoms in total. The van der Waals surface area contributed by atoms with Crippen molar-refractivity contribution >= 4 is 5.97 Å². The predicted octanol–water partition coefficient (Wildman–Crippen LogP) is 6.36. The van der Waals surface area contributed by atoms with Gasteiger partial charge in [0.2, 0.25) is 0 Å². The molecule has 0 spiro atoms. The first kappa shape index (κ1) is 23.6. The number of unbranched alkanes of at least 4 members (excludes halogenated alkanes) is 4. The first-order chi connectivity index (χ1) is 15.5. The van der Waals surface area contributed by atoms with Crippen molar-refractivity contribution in [2.75, 3.05) is 0 Å². The minimum Gasteiger partial charge on any atom is -0.462 e. The quantitative estimate of drug-likeness (QED) is 0.207. The summed E-state index contributed by atoms with van der Waals surface area (Å²) in [6, 6.07) is 0. The zero-order chi connectivity index (χ0) is 22.8. The smallest absolute Gasteiger partial charge is 0.306 e. The van der Waals surface area contributed by atoms with Gasteiger partial charge in [-0.2, -0.15) is 0 Å². The third-order valence-electron chi connectivity index (χ3n) is 9.41. The highest BCUT2D eigenvalue weighted by Gasteiger charge is 2.61. The molecule has 0 unspecified atom stereocenters. The molecule has 4 rings (SSSR count). The van der Waals surface area contributed by atoms with Crippen LogP contribution in [0.25, 0.3) is 0 Å². The van der Waals surface area contributed by atoms with Gasteiger partial charge in [0.25, 0.3) is 0 Å². The van der Waals surface area contributed by atoms with Crippen molar-refractivity contribution in [1.29, 1.82) is 0 Å². The second kappa shape index (κ2) is 9.76. The van der Waals surface area contributed by atoms with E-state index in [1.165, 1.54) is 24.8 Å². The topological polar surface area (TPSA) is 46.5 Å². The van der Waals surface area contributed by atoms with Crippen molar-refractivity contribution in [2.45, 2.75) is 109 Å². The minimum atomic E-state index is -1.12. The van der Waals surface area contributed by atoms with Crippen LogP contribution in [0.3, 0.4) is 0 Å². The Labute approximate surface area is 195 Å². The van der Waals surface area contributed by atoms with E-state index in [2.05, 4.69) is 31.9 Å². The van der Waals surface area contributed by atoms with E-state index in [4.69, 9.17) is 11.2 Å². The molecule has 2 fully saturated rings. The molecule has 0 aromatic heterocycles. The van der Waals surface area contributed by atoms with E-state index in [0.29, 0.717) is 30.1 Å². The standard InChI is InChI=1S/C29H42O3/c1-4-7-8-9-10-14-26(30)32-25-13-11-12-21-15-16-22-23(27(21)25)17-19-28(5-2)24(22)18-20-29(28,31)6-3/h3,12,18,20,22-25,27,31H,4-5,7-11,13-17,19H2,1-2H3/t22-,23+,24+,25+,27+,28+,29+/m1/s1. The fourth-order valence-corrected chi connectivity index (χ4v) is 7.75. The van der Waals surface area contributed by atoms with Crippen LogP contribution in [0.15, 0.2) is 23.8 Å². The van der Waals surface area contributed by atoms with Crippen LogP contribution in [-0.2, 0) is 9.53 Å². The number of hydrogen-bond donors (Lipinski definition) is 1. The third kappa shape index (κ3) is 3.98. The highest BCUT2D eigenvalue weighted by atomic mass is 16.5. The molecule has 3 heteroatoms. The van der Waals surface area contributed by atoms with Crippen LogP contribution < -0.4 is 0 Å². The van der Waals surface area contributed by atoms with Gasteiger partial charge >= 0.3 is 5.97 Å². The minimum absolute atomic E-state index is 0.00365. The summed E-state index contributed by atoms with van der Waals surface area (Å²) in [5.74, 6) is 4.45. The largest absolute Gasteiger partial charge is 0.462 e. The van der Waals surface area contributed by atoms with Crippen molar-refractivity contribution < 1.29 is 14.6 Å². The van der Waals surface area contributed by atoms with E-state index < -0.39 is 5.60 Å². The molecule has 0 aromatic carbocycles. The fraction of sp³-hybridized carbons (Fsp3) is 0.759. The Balaban J connectivity index is 1.46. The van der Waals surface area contributed by atoms with Crippen LogP contribution in [-0.4, -0.2) is 22.8 Å². The number of carbonyl (C=O) groups excluding carboxylic acids is 1. The van der Waals surface area contributed by atoms with Gasteiger partial charge in [0.15, 0.2) is 0 Å². The predicted molar refractivity (Wildman–Crippen MR) is 129 cm³/mol. The zero-order valence-electron chi connectivity index (χ0n) is 20.2. The summed E-state index contributed by atoms with van der Waals surface area (Å²) in [6.45, 7) is 4.40. The van der Waals surface area contributed by atoms with Crippen molar-refractivity contribution in [1.82, 2.24) is 0 Å². The number of esters is 1. The summed E-state index contributed by atoms with van der Waals surface area (Å²) in [5, 5.41) is 11.3. The maximum atomic E-state index is 12.7. The van der Waals surface area contributed by atoms with Crippen LogP contribution in [0.5, 0.6) is 0 Å². The molecule has 0 heterocycles. The van der Waals surface area contributed by atoms with Crippen molar-refractivity contribution in [3.63, 3.8) is 0 Å². The Hall–Kier alpha value is -1.53. The van der Waals surface area contributed by atoms with Gasteiger partial charge in [0, 0.05) is 17.8 Å². The van der Waals surface area contributed by atoms with Gasteiger partial charge in [-0.05, 0) is 75.2 Å². The summed E-state index contributed by atoms with van der Waals surface area (Å²) in [5.41, 5.74) is 0.170. The lowest BCUT2D eigenvalue weighted by molar-refractivity contribution is -0.157. The third-order valence-corrected chi connectivity index (χ3v) is 9.41. The molecule has 0 saturated heterocycles. The van der Waals surface area contributed by atoms with Gasteiger partial charge in [-0.15, -0.1) is 6.42 Å². The van der Waals surface area contributed by atoms with Crippen molar-refractivity contribution in [3.8, 4) is 12.3 Å². The van der Waals surface area contributed by atoms with Gasteiger partial charge in [0.1, 0.15) is 11.7 Å². The Kier molecular flexibility index (Phi) is 7.21. The van der Waals surface area contributed by atoms with Crippen LogP contribution in [0.1, 0.15) is 97.3 Å². The molecule has 32 heavy (non-hydrogen) atoms. The SMILES string of the molecule is C#C[C@]1(O)C=C[C@H]2[C@@H]3CCC4=CCC[C@H](OC(=O)CCCCCCC)[C@@H]4[C@H]3CC[C@@]21CC. The number of ether oxygens (including phenoxy) is 1. The molecule has 4 aliphatic carbocycles. The summed E-state index contributed by atoms with van der Waals surface area (Å²) in [7, 11) is 0. The van der Waals surface area contributed by atoms with Gasteiger partial charge < -0.3 is 9.84 Å². The van der Waals surface area contributed by atoms with Crippen molar-refractivity contribution in [2.24, 2.45) is 29.1 Å². The molecule has 0 aliphatic heterocycles. The average Bonchev–Trinajstić information content (AvgIpc) is 3.12. The summed E-state index contributed by atoms with van der Waals surface area (Å²) in [6.07, 6.45) is 25.9. The second-order valence-electron chi connectivity index (χ2n) is 10.8. The lowest BCUT2D eigenvalue weighted by Gasteiger charge is -2.56. The molecular formula is C29H42O3. The molecule has 0 radical (unpaired) electrons. The number of terminal acetylenes is 1. The first-order valence-corrected chi connectivity index (χ1v) is 13.3. The molecule has 2 saturated carbocycles. The summed E-state index contributed by atoms with van der Waals surface area (Å²) >= 11 is 0. The molecular weight excluding hydrogens is 396 g/mol. The van der Waals surface area contributed by atoms with Gasteiger partial charge in [0.05, 0.1) is 0 Å². The summed E-state index contributed by atoms with van der Waals surface area (Å²) in [4.78, 5) is 12.7. The highest BCUT2D eigenvalue weighted by Crippen LogP contribution is 2.64. The van der Waals surface area contributed by atoms with Crippen LogP contribution in [0, 0.1) is 41.4 Å². The number of allylic oxidation sites excluding steroid dienone is 2. The van der Waals surface area contributed by atoms with Gasteiger partial charge in [-0.1, -0.05) is 63.2 Å². The molecule has 4 aliphatic rings. The summed E-state index contributed by atoms with van der Waals surface area (Å²) < 4.78 is 6.16. The van der Waals surface area contributed by atoms with Crippen LogP contribution >= 0.6 is 0 Å². The Morgan fingerprint density at radius 3 is 2.75 bits per heavy atom. The zero-order valence-corrected chi connectivity index (χ0v) is 20.2. The van der Waals surface area contributed by atoms with Crippen LogP contribution in [0.2, 0.25) is 0 Å². The van der Waals surface area contributed by atoms with E-state index >= 15 is 0 Å². The van der Waals surface area contributed by atoms with E-state index in [-0.39, 0.29) is 17.5 Å². The maximum absolute atomic E-state index is 12.7. The average molecular weight is 439 g/mol. The molecule has 0 amide bonds. The highest BCUT2D eigenvalue weighted by molar-refractivity contribution is 5.69. The monoisotopic (exact) mass is 438 g/mol. The Bertz CT molecular complexity index is 789. The number of carbonyl (C=O) groups is 1. The molecule has 0 bridgehead atoms. The van der Waals surface area contributed by atoms with Gasteiger partial charge in [-0.25, -0.2) is 0 Å². The van der Waals surface area contributed by atoms with E-state index in [0.717, 1.165) is 57.8 Å². The molecule has 0 aromatic rings. The van der Waals surface area contributed by atoms with E-state index in [1.54, 1.807) is 0 Å². The number of aliphatic hydroxyl groups is 1. The Morgan fingerprint density at radius 1 is 1.19 bits per heavy atom.